The van der Waals surface area contributed by atoms with Gasteiger partial charge in [0, 0.05) is 17.0 Å². The van der Waals surface area contributed by atoms with Gasteiger partial charge in [-0.25, -0.2) is 0 Å². The summed E-state index contributed by atoms with van der Waals surface area (Å²) in [6.45, 7) is 2.05. The van der Waals surface area contributed by atoms with Crippen molar-refractivity contribution in [2.45, 2.75) is 38.5 Å². The van der Waals surface area contributed by atoms with E-state index in [9.17, 15) is 9.90 Å². The Kier molecular flexibility index (Phi) is 4.01. The zero-order chi connectivity index (χ0) is 15.7. The average Bonchev–Trinajstić information content (AvgIpc) is 2.54. The van der Waals surface area contributed by atoms with Gasteiger partial charge < -0.3 is 9.84 Å². The van der Waals surface area contributed by atoms with Crippen LogP contribution >= 0.6 is 0 Å². The Morgan fingerprint density at radius 2 is 2.05 bits per heavy atom. The van der Waals surface area contributed by atoms with Gasteiger partial charge in [0.1, 0.15) is 5.75 Å². The van der Waals surface area contributed by atoms with Crippen LogP contribution in [0.1, 0.15) is 42.9 Å². The number of benzene rings is 1. The summed E-state index contributed by atoms with van der Waals surface area (Å²) in [7, 11) is 1.65. The van der Waals surface area contributed by atoms with Gasteiger partial charge in [-0.2, -0.15) is 0 Å². The molecule has 0 amide bonds. The predicted molar refractivity (Wildman–Crippen MR) is 85.4 cm³/mol. The SMILES string of the molecule is COc1ccc2nc([C@@H]3CCCC[C@@H]3C(=O)O)cc(C)c2c1. The maximum Gasteiger partial charge on any atom is 0.307 e. The molecule has 0 bridgehead atoms. The van der Waals surface area contributed by atoms with E-state index in [-0.39, 0.29) is 11.8 Å². The summed E-state index contributed by atoms with van der Waals surface area (Å²) in [6, 6.07) is 7.88. The maximum absolute atomic E-state index is 11.5. The van der Waals surface area contributed by atoms with Crippen LogP contribution < -0.4 is 4.74 Å². The number of aliphatic carboxylic acids is 1. The van der Waals surface area contributed by atoms with Gasteiger partial charge in [0.25, 0.3) is 0 Å². The topological polar surface area (TPSA) is 59.4 Å². The van der Waals surface area contributed by atoms with Gasteiger partial charge in [-0.15, -0.1) is 0 Å². The molecule has 22 heavy (non-hydrogen) atoms. The molecule has 0 spiro atoms. The fraction of sp³-hybridized carbons (Fsp3) is 0.444. The second kappa shape index (κ2) is 5.95. The fourth-order valence-electron chi connectivity index (χ4n) is 3.50. The molecular formula is C18H21NO3. The van der Waals surface area contributed by atoms with E-state index in [1.165, 1.54) is 0 Å². The number of rotatable bonds is 3. The summed E-state index contributed by atoms with van der Waals surface area (Å²) in [5.41, 5.74) is 2.95. The average molecular weight is 299 g/mol. The van der Waals surface area contributed by atoms with Crippen LogP contribution in [-0.4, -0.2) is 23.2 Å². The number of nitrogens with zero attached hydrogens (tertiary/aromatic N) is 1. The Balaban J connectivity index is 2.05. The van der Waals surface area contributed by atoms with Crippen LogP contribution in [0.2, 0.25) is 0 Å². The number of ether oxygens (including phenoxy) is 1. The molecule has 1 N–H and O–H groups in total. The van der Waals surface area contributed by atoms with E-state index in [2.05, 4.69) is 0 Å². The highest BCUT2D eigenvalue weighted by Crippen LogP contribution is 2.38. The Morgan fingerprint density at radius 3 is 2.77 bits per heavy atom. The molecule has 3 rings (SSSR count). The molecule has 4 heteroatoms. The van der Waals surface area contributed by atoms with Gasteiger partial charge in [0.05, 0.1) is 18.5 Å². The minimum absolute atomic E-state index is 0.0245. The van der Waals surface area contributed by atoms with E-state index in [4.69, 9.17) is 9.72 Å². The molecule has 116 valence electrons. The monoisotopic (exact) mass is 299 g/mol. The zero-order valence-electron chi connectivity index (χ0n) is 13.0. The minimum Gasteiger partial charge on any atom is -0.497 e. The van der Waals surface area contributed by atoms with Gasteiger partial charge in [-0.3, -0.25) is 9.78 Å². The van der Waals surface area contributed by atoms with Crippen molar-refractivity contribution in [2.75, 3.05) is 7.11 Å². The van der Waals surface area contributed by atoms with Crippen LogP contribution in [0.5, 0.6) is 5.75 Å². The molecule has 0 unspecified atom stereocenters. The highest BCUT2D eigenvalue weighted by Gasteiger charge is 2.33. The lowest BCUT2D eigenvalue weighted by molar-refractivity contribution is -0.143. The molecule has 1 saturated carbocycles. The molecule has 4 nitrogen and oxygen atoms in total. The number of hydrogen-bond donors (Lipinski definition) is 1. The third-order valence-electron chi connectivity index (χ3n) is 4.71. The van der Waals surface area contributed by atoms with Crippen LogP contribution in [0.4, 0.5) is 0 Å². The Labute approximate surface area is 130 Å². The van der Waals surface area contributed by atoms with Crippen molar-refractivity contribution in [2.24, 2.45) is 5.92 Å². The number of aromatic nitrogens is 1. The van der Waals surface area contributed by atoms with Gasteiger partial charge in [-0.1, -0.05) is 12.8 Å². The molecular weight excluding hydrogens is 278 g/mol. The molecule has 0 aliphatic heterocycles. The molecule has 2 aromatic rings. The number of pyridine rings is 1. The number of carboxylic acid groups (broad SMARTS) is 1. The summed E-state index contributed by atoms with van der Waals surface area (Å²) >= 11 is 0. The first-order valence-corrected chi connectivity index (χ1v) is 7.78. The molecule has 0 radical (unpaired) electrons. The van der Waals surface area contributed by atoms with E-state index < -0.39 is 5.97 Å². The Morgan fingerprint density at radius 1 is 1.27 bits per heavy atom. The van der Waals surface area contributed by atoms with E-state index in [1.54, 1.807) is 7.11 Å². The molecule has 1 aliphatic rings. The molecule has 0 saturated heterocycles. The van der Waals surface area contributed by atoms with Crippen molar-refractivity contribution in [1.82, 2.24) is 4.98 Å². The second-order valence-electron chi connectivity index (χ2n) is 6.08. The molecule has 1 heterocycles. The highest BCUT2D eigenvalue weighted by molar-refractivity contribution is 5.84. The minimum atomic E-state index is -0.695. The first-order chi connectivity index (χ1) is 10.6. The molecule has 2 atom stereocenters. The predicted octanol–water partition coefficient (Wildman–Crippen LogP) is 3.91. The lowest BCUT2D eigenvalue weighted by atomic mass is 9.77. The van der Waals surface area contributed by atoms with Gasteiger partial charge >= 0.3 is 5.97 Å². The summed E-state index contributed by atoms with van der Waals surface area (Å²) < 4.78 is 5.27. The summed E-state index contributed by atoms with van der Waals surface area (Å²) in [6.07, 6.45) is 3.74. The number of carbonyl (C=O) groups is 1. The van der Waals surface area contributed by atoms with Crippen molar-refractivity contribution in [3.8, 4) is 5.75 Å². The molecule has 1 aromatic carbocycles. The summed E-state index contributed by atoms with van der Waals surface area (Å²) in [5.74, 6) is -0.169. The van der Waals surface area contributed by atoms with Gasteiger partial charge in [0.15, 0.2) is 0 Å². The largest absolute Gasteiger partial charge is 0.497 e. The third kappa shape index (κ3) is 2.65. The van der Waals surface area contributed by atoms with Crippen molar-refractivity contribution in [3.05, 3.63) is 35.5 Å². The van der Waals surface area contributed by atoms with Crippen molar-refractivity contribution < 1.29 is 14.6 Å². The number of aryl methyl sites for hydroxylation is 1. The summed E-state index contributed by atoms with van der Waals surface area (Å²) in [5, 5.41) is 10.5. The van der Waals surface area contributed by atoms with E-state index >= 15 is 0 Å². The van der Waals surface area contributed by atoms with Crippen molar-refractivity contribution in [1.29, 1.82) is 0 Å². The molecule has 1 fully saturated rings. The van der Waals surface area contributed by atoms with E-state index in [0.717, 1.165) is 53.6 Å². The normalized spacial score (nSPS) is 21.7. The first kappa shape index (κ1) is 14.8. The van der Waals surface area contributed by atoms with Crippen LogP contribution in [0, 0.1) is 12.8 Å². The third-order valence-corrected chi connectivity index (χ3v) is 4.71. The van der Waals surface area contributed by atoms with Crippen molar-refractivity contribution in [3.63, 3.8) is 0 Å². The lowest BCUT2D eigenvalue weighted by Gasteiger charge is -2.28. The van der Waals surface area contributed by atoms with Crippen LogP contribution in [0.15, 0.2) is 24.3 Å². The summed E-state index contributed by atoms with van der Waals surface area (Å²) in [4.78, 5) is 16.3. The number of fused-ring (bicyclic) bond motifs is 1. The van der Waals surface area contributed by atoms with Gasteiger partial charge in [-0.05, 0) is 49.6 Å². The van der Waals surface area contributed by atoms with Crippen LogP contribution in [0.25, 0.3) is 10.9 Å². The Hall–Kier alpha value is -2.10. The van der Waals surface area contributed by atoms with Crippen LogP contribution in [0.3, 0.4) is 0 Å². The number of hydrogen-bond acceptors (Lipinski definition) is 3. The molecule has 1 aliphatic carbocycles. The Bertz CT molecular complexity index is 711. The lowest BCUT2D eigenvalue weighted by Crippen LogP contribution is -2.26. The highest BCUT2D eigenvalue weighted by atomic mass is 16.5. The number of methoxy groups -OCH3 is 1. The van der Waals surface area contributed by atoms with E-state index in [1.807, 2.05) is 31.2 Å². The van der Waals surface area contributed by atoms with Crippen molar-refractivity contribution >= 4 is 16.9 Å². The molecule has 1 aromatic heterocycles. The van der Waals surface area contributed by atoms with E-state index in [0.29, 0.717) is 0 Å². The second-order valence-corrected chi connectivity index (χ2v) is 6.08. The smallest absolute Gasteiger partial charge is 0.307 e. The van der Waals surface area contributed by atoms with Gasteiger partial charge in [0.2, 0.25) is 0 Å². The first-order valence-electron chi connectivity index (χ1n) is 7.78. The number of carboxylic acids is 1. The van der Waals surface area contributed by atoms with Crippen LogP contribution in [-0.2, 0) is 4.79 Å². The zero-order valence-corrected chi connectivity index (χ0v) is 13.0. The maximum atomic E-state index is 11.5. The standard InChI is InChI=1S/C18H21NO3/c1-11-9-17(13-5-3-4-6-14(13)18(20)21)19-16-8-7-12(22-2)10-15(11)16/h7-10,13-14H,3-6H2,1-2H3,(H,20,21)/t13-,14+/m1/s1. The quantitative estimate of drug-likeness (QED) is 0.933. The fourth-order valence-corrected chi connectivity index (χ4v) is 3.50.